The van der Waals surface area contributed by atoms with Crippen LogP contribution < -0.4 is 10.1 Å². The summed E-state index contributed by atoms with van der Waals surface area (Å²) in [6.45, 7) is 4.20. The molecule has 0 unspecified atom stereocenters. The highest BCUT2D eigenvalue weighted by molar-refractivity contribution is 6.30. The lowest BCUT2D eigenvalue weighted by Crippen LogP contribution is -2.20. The van der Waals surface area contributed by atoms with Crippen LogP contribution in [-0.2, 0) is 4.79 Å². The smallest absolute Gasteiger partial charge is 0.262 e. The molecule has 0 aliphatic heterocycles. The highest BCUT2D eigenvalue weighted by atomic mass is 35.5. The third kappa shape index (κ3) is 4.80. The summed E-state index contributed by atoms with van der Waals surface area (Å²) in [6, 6.07) is 14.8. The van der Waals surface area contributed by atoms with Crippen molar-refractivity contribution in [3.8, 4) is 5.75 Å². The molecule has 2 rings (SSSR count). The SMILES string of the molecule is CC(C)c1cccc(OCC(=O)Nc2cccc(Cl)c2)c1. The monoisotopic (exact) mass is 303 g/mol. The van der Waals surface area contributed by atoms with Crippen molar-refractivity contribution < 1.29 is 9.53 Å². The number of halogens is 1. The van der Waals surface area contributed by atoms with Crippen molar-refractivity contribution in [2.75, 3.05) is 11.9 Å². The molecule has 0 spiro atoms. The average molecular weight is 304 g/mol. The maximum Gasteiger partial charge on any atom is 0.262 e. The number of carbonyl (C=O) groups is 1. The Labute approximate surface area is 129 Å². The molecule has 1 N–H and O–H groups in total. The van der Waals surface area contributed by atoms with E-state index in [1.165, 1.54) is 5.56 Å². The van der Waals surface area contributed by atoms with Gasteiger partial charge in [-0.3, -0.25) is 4.79 Å². The van der Waals surface area contributed by atoms with E-state index in [1.54, 1.807) is 24.3 Å². The standard InChI is InChI=1S/C17H18ClNO2/c1-12(2)13-5-3-8-16(9-13)21-11-17(20)19-15-7-4-6-14(18)10-15/h3-10,12H,11H2,1-2H3,(H,19,20). The van der Waals surface area contributed by atoms with Crippen LogP contribution in [0.5, 0.6) is 5.75 Å². The van der Waals surface area contributed by atoms with Gasteiger partial charge in [-0.2, -0.15) is 0 Å². The molecule has 0 aliphatic carbocycles. The third-order valence-corrected chi connectivity index (χ3v) is 3.24. The summed E-state index contributed by atoms with van der Waals surface area (Å²) in [6.07, 6.45) is 0. The Balaban J connectivity index is 1.90. The molecular weight excluding hydrogens is 286 g/mol. The maximum atomic E-state index is 11.8. The number of carbonyl (C=O) groups excluding carboxylic acids is 1. The van der Waals surface area contributed by atoms with Crippen molar-refractivity contribution in [3.63, 3.8) is 0 Å². The molecule has 0 saturated heterocycles. The van der Waals surface area contributed by atoms with Gasteiger partial charge in [-0.25, -0.2) is 0 Å². The van der Waals surface area contributed by atoms with Gasteiger partial charge in [0.2, 0.25) is 0 Å². The number of amides is 1. The van der Waals surface area contributed by atoms with Crippen LogP contribution in [0.25, 0.3) is 0 Å². The van der Waals surface area contributed by atoms with Gasteiger partial charge in [-0.05, 0) is 41.8 Å². The molecular formula is C17H18ClNO2. The topological polar surface area (TPSA) is 38.3 Å². The Morgan fingerprint density at radius 2 is 1.95 bits per heavy atom. The molecule has 0 fully saturated rings. The number of nitrogens with one attached hydrogen (secondary N) is 1. The summed E-state index contributed by atoms with van der Waals surface area (Å²) in [5.74, 6) is 0.906. The predicted molar refractivity (Wildman–Crippen MR) is 86.1 cm³/mol. The lowest BCUT2D eigenvalue weighted by Gasteiger charge is -2.10. The van der Waals surface area contributed by atoms with Crippen molar-refractivity contribution in [1.82, 2.24) is 0 Å². The zero-order valence-corrected chi connectivity index (χ0v) is 12.9. The Morgan fingerprint density at radius 3 is 2.67 bits per heavy atom. The van der Waals surface area contributed by atoms with E-state index in [1.807, 2.05) is 24.3 Å². The predicted octanol–water partition coefficient (Wildman–Crippen LogP) is 4.48. The van der Waals surface area contributed by atoms with Crippen LogP contribution in [0.2, 0.25) is 5.02 Å². The molecule has 2 aromatic carbocycles. The second-order valence-electron chi connectivity index (χ2n) is 5.07. The highest BCUT2D eigenvalue weighted by Crippen LogP contribution is 2.20. The zero-order valence-electron chi connectivity index (χ0n) is 12.1. The van der Waals surface area contributed by atoms with E-state index in [4.69, 9.17) is 16.3 Å². The van der Waals surface area contributed by atoms with E-state index >= 15 is 0 Å². The quantitative estimate of drug-likeness (QED) is 0.884. The Hall–Kier alpha value is -2.00. The van der Waals surface area contributed by atoms with Gasteiger partial charge in [0.25, 0.3) is 5.91 Å². The minimum absolute atomic E-state index is 0.0337. The van der Waals surface area contributed by atoms with Crippen LogP contribution in [0.1, 0.15) is 25.3 Å². The molecule has 110 valence electrons. The van der Waals surface area contributed by atoms with Crippen LogP contribution in [0.4, 0.5) is 5.69 Å². The summed E-state index contributed by atoms with van der Waals surface area (Å²) in [7, 11) is 0. The summed E-state index contributed by atoms with van der Waals surface area (Å²) < 4.78 is 5.52. The van der Waals surface area contributed by atoms with Crippen molar-refractivity contribution in [2.24, 2.45) is 0 Å². The lowest BCUT2D eigenvalue weighted by molar-refractivity contribution is -0.118. The minimum atomic E-state index is -0.216. The first-order valence-corrected chi connectivity index (χ1v) is 7.20. The fourth-order valence-corrected chi connectivity index (χ4v) is 2.07. The molecule has 0 bridgehead atoms. The number of rotatable bonds is 5. The first-order chi connectivity index (χ1) is 10.0. The van der Waals surface area contributed by atoms with Gasteiger partial charge in [0.1, 0.15) is 5.75 Å². The Kier molecular flexibility index (Phi) is 5.23. The first-order valence-electron chi connectivity index (χ1n) is 6.83. The summed E-state index contributed by atoms with van der Waals surface area (Å²) in [5.41, 5.74) is 1.84. The maximum absolute atomic E-state index is 11.8. The van der Waals surface area contributed by atoms with Crippen molar-refractivity contribution in [3.05, 3.63) is 59.1 Å². The van der Waals surface area contributed by atoms with Crippen LogP contribution in [0.15, 0.2) is 48.5 Å². The highest BCUT2D eigenvalue weighted by Gasteiger charge is 2.05. The number of hydrogen-bond acceptors (Lipinski definition) is 2. The van der Waals surface area contributed by atoms with E-state index in [0.717, 1.165) is 0 Å². The van der Waals surface area contributed by atoms with E-state index in [-0.39, 0.29) is 12.5 Å². The van der Waals surface area contributed by atoms with Gasteiger partial charge in [-0.1, -0.05) is 43.6 Å². The van der Waals surface area contributed by atoms with E-state index in [9.17, 15) is 4.79 Å². The van der Waals surface area contributed by atoms with E-state index in [0.29, 0.717) is 22.4 Å². The van der Waals surface area contributed by atoms with Gasteiger partial charge in [0.15, 0.2) is 6.61 Å². The number of ether oxygens (including phenoxy) is 1. The van der Waals surface area contributed by atoms with Crippen molar-refractivity contribution >= 4 is 23.2 Å². The van der Waals surface area contributed by atoms with Gasteiger partial charge < -0.3 is 10.1 Å². The molecule has 0 atom stereocenters. The fourth-order valence-electron chi connectivity index (χ4n) is 1.88. The molecule has 0 radical (unpaired) electrons. The normalized spacial score (nSPS) is 10.5. The van der Waals surface area contributed by atoms with Crippen molar-refractivity contribution in [2.45, 2.75) is 19.8 Å². The average Bonchev–Trinajstić information content (AvgIpc) is 2.45. The molecule has 21 heavy (non-hydrogen) atoms. The van der Waals surface area contributed by atoms with Gasteiger partial charge in [-0.15, -0.1) is 0 Å². The van der Waals surface area contributed by atoms with Crippen LogP contribution in [0.3, 0.4) is 0 Å². The van der Waals surface area contributed by atoms with Crippen molar-refractivity contribution in [1.29, 1.82) is 0 Å². The van der Waals surface area contributed by atoms with Gasteiger partial charge in [0.05, 0.1) is 0 Å². The summed E-state index contributed by atoms with van der Waals surface area (Å²) in [5, 5.41) is 3.32. The molecule has 0 aromatic heterocycles. The molecule has 2 aromatic rings. The largest absolute Gasteiger partial charge is 0.484 e. The summed E-state index contributed by atoms with van der Waals surface area (Å²) in [4.78, 5) is 11.8. The van der Waals surface area contributed by atoms with Crippen LogP contribution in [-0.4, -0.2) is 12.5 Å². The Bertz CT molecular complexity index is 626. The lowest BCUT2D eigenvalue weighted by atomic mass is 10.0. The second-order valence-corrected chi connectivity index (χ2v) is 5.51. The van der Waals surface area contributed by atoms with Gasteiger partial charge in [0, 0.05) is 10.7 Å². The molecule has 0 heterocycles. The van der Waals surface area contributed by atoms with Gasteiger partial charge >= 0.3 is 0 Å². The molecule has 4 heteroatoms. The van der Waals surface area contributed by atoms with Crippen LogP contribution >= 0.6 is 11.6 Å². The first kappa shape index (κ1) is 15.4. The minimum Gasteiger partial charge on any atom is -0.484 e. The second kappa shape index (κ2) is 7.14. The molecule has 0 saturated carbocycles. The number of hydrogen-bond donors (Lipinski definition) is 1. The summed E-state index contributed by atoms with van der Waals surface area (Å²) >= 11 is 5.87. The zero-order chi connectivity index (χ0) is 15.2. The van der Waals surface area contributed by atoms with E-state index in [2.05, 4.69) is 19.2 Å². The van der Waals surface area contributed by atoms with E-state index < -0.39 is 0 Å². The fraction of sp³-hybridized carbons (Fsp3) is 0.235. The molecule has 3 nitrogen and oxygen atoms in total. The number of benzene rings is 2. The third-order valence-electron chi connectivity index (χ3n) is 3.00. The molecule has 1 amide bonds. The van der Waals surface area contributed by atoms with Crippen LogP contribution in [0, 0.1) is 0 Å². The number of anilines is 1. The Morgan fingerprint density at radius 1 is 1.19 bits per heavy atom. The molecule has 0 aliphatic rings.